The molecule has 0 amide bonds. The Labute approximate surface area is 175 Å². The fourth-order valence-electron chi connectivity index (χ4n) is 3.55. The maximum atomic E-state index is 12.0. The Hall–Kier alpha value is -3.67. The van der Waals surface area contributed by atoms with Gasteiger partial charge in [-0.05, 0) is 42.3 Å². The van der Waals surface area contributed by atoms with Gasteiger partial charge in [-0.1, -0.05) is 6.08 Å². The van der Waals surface area contributed by atoms with Gasteiger partial charge in [-0.3, -0.25) is 4.79 Å². The first kappa shape index (κ1) is 21.0. The molecule has 6 nitrogen and oxygen atoms in total. The highest BCUT2D eigenvalue weighted by atomic mass is 16.5. The van der Waals surface area contributed by atoms with Gasteiger partial charge in [0.25, 0.3) is 0 Å². The fraction of sp³-hybridized carbons (Fsp3) is 0.208. The van der Waals surface area contributed by atoms with Gasteiger partial charge in [-0.25, -0.2) is 0 Å². The zero-order valence-electron chi connectivity index (χ0n) is 17.5. The van der Waals surface area contributed by atoms with E-state index in [4.69, 9.17) is 23.4 Å². The van der Waals surface area contributed by atoms with Crippen molar-refractivity contribution in [1.29, 1.82) is 0 Å². The van der Waals surface area contributed by atoms with Crippen LogP contribution < -0.4 is 18.9 Å². The Morgan fingerprint density at radius 3 is 2.23 bits per heavy atom. The van der Waals surface area contributed by atoms with Crippen molar-refractivity contribution < 1.29 is 28.2 Å². The summed E-state index contributed by atoms with van der Waals surface area (Å²) in [6, 6.07) is 9.20. The molecule has 0 aliphatic carbocycles. The standard InChI is InChI=1S/C24H24O6/c1-6-8-15-11-16(19-9-7-10-30-19)12-18(22(15)27-3)21-17(14-25)13-20(26-2)23(28-4)24(21)29-5/h6-7,9-14H,1,8H2,2-5H3. The average Bonchev–Trinajstić information content (AvgIpc) is 3.32. The molecule has 0 saturated carbocycles. The van der Waals surface area contributed by atoms with E-state index in [0.29, 0.717) is 51.9 Å². The maximum Gasteiger partial charge on any atom is 0.203 e. The maximum absolute atomic E-state index is 12.0. The molecule has 3 aromatic rings. The monoisotopic (exact) mass is 408 g/mol. The third-order valence-corrected chi connectivity index (χ3v) is 4.80. The molecule has 0 spiro atoms. The molecule has 1 aromatic heterocycles. The van der Waals surface area contributed by atoms with Crippen molar-refractivity contribution in [2.24, 2.45) is 0 Å². The number of furan rings is 1. The molecule has 0 aliphatic rings. The normalized spacial score (nSPS) is 10.4. The number of hydrogen-bond donors (Lipinski definition) is 0. The van der Waals surface area contributed by atoms with E-state index < -0.39 is 0 Å². The van der Waals surface area contributed by atoms with Crippen molar-refractivity contribution >= 4 is 6.29 Å². The van der Waals surface area contributed by atoms with Gasteiger partial charge in [0, 0.05) is 22.3 Å². The first-order valence-corrected chi connectivity index (χ1v) is 9.27. The molecule has 0 atom stereocenters. The Bertz CT molecular complexity index is 1050. The molecule has 0 fully saturated rings. The minimum Gasteiger partial charge on any atom is -0.496 e. The van der Waals surface area contributed by atoms with Crippen LogP contribution in [0.15, 0.2) is 53.7 Å². The highest BCUT2D eigenvalue weighted by Crippen LogP contribution is 2.50. The largest absolute Gasteiger partial charge is 0.496 e. The number of carbonyl (C=O) groups is 1. The second-order valence-corrected chi connectivity index (χ2v) is 6.41. The van der Waals surface area contributed by atoms with Crippen LogP contribution in [0.4, 0.5) is 0 Å². The first-order valence-electron chi connectivity index (χ1n) is 9.27. The van der Waals surface area contributed by atoms with Crippen molar-refractivity contribution in [3.63, 3.8) is 0 Å². The third-order valence-electron chi connectivity index (χ3n) is 4.80. The second kappa shape index (κ2) is 9.22. The number of rotatable bonds is 9. The summed E-state index contributed by atoms with van der Waals surface area (Å²) in [7, 11) is 6.13. The molecule has 2 aromatic carbocycles. The summed E-state index contributed by atoms with van der Waals surface area (Å²) >= 11 is 0. The van der Waals surface area contributed by atoms with Crippen LogP contribution in [0.5, 0.6) is 23.0 Å². The topological polar surface area (TPSA) is 67.1 Å². The lowest BCUT2D eigenvalue weighted by atomic mass is 9.92. The number of carbonyl (C=O) groups excluding carboxylic acids is 1. The summed E-state index contributed by atoms with van der Waals surface area (Å²) in [5.74, 6) is 2.46. The van der Waals surface area contributed by atoms with E-state index in [-0.39, 0.29) is 0 Å². The van der Waals surface area contributed by atoms with E-state index >= 15 is 0 Å². The van der Waals surface area contributed by atoms with E-state index in [1.807, 2.05) is 24.3 Å². The highest BCUT2D eigenvalue weighted by Gasteiger charge is 2.26. The molecule has 1 heterocycles. The smallest absolute Gasteiger partial charge is 0.203 e. The Morgan fingerprint density at radius 1 is 0.967 bits per heavy atom. The van der Waals surface area contributed by atoms with Crippen LogP contribution in [-0.2, 0) is 6.42 Å². The van der Waals surface area contributed by atoms with Gasteiger partial charge < -0.3 is 23.4 Å². The van der Waals surface area contributed by atoms with Crippen molar-refractivity contribution in [2.45, 2.75) is 6.42 Å². The van der Waals surface area contributed by atoms with Crippen molar-refractivity contribution in [1.82, 2.24) is 0 Å². The van der Waals surface area contributed by atoms with Gasteiger partial charge in [0.15, 0.2) is 17.8 Å². The fourth-order valence-corrected chi connectivity index (χ4v) is 3.55. The number of methoxy groups -OCH3 is 4. The van der Waals surface area contributed by atoms with Crippen molar-refractivity contribution in [3.05, 3.63) is 60.4 Å². The summed E-state index contributed by atoms with van der Waals surface area (Å²) in [5.41, 5.74) is 3.32. The Kier molecular flexibility index (Phi) is 6.47. The summed E-state index contributed by atoms with van der Waals surface area (Å²) in [4.78, 5) is 12.0. The van der Waals surface area contributed by atoms with E-state index in [1.165, 1.54) is 21.3 Å². The minimum atomic E-state index is 0.374. The van der Waals surface area contributed by atoms with Gasteiger partial charge >= 0.3 is 0 Å². The lowest BCUT2D eigenvalue weighted by Gasteiger charge is -2.21. The van der Waals surface area contributed by atoms with E-state index in [0.717, 1.165) is 17.4 Å². The summed E-state index contributed by atoms with van der Waals surface area (Å²) in [6.45, 7) is 3.85. The van der Waals surface area contributed by atoms with Gasteiger partial charge in [-0.15, -0.1) is 6.58 Å². The van der Waals surface area contributed by atoms with Crippen LogP contribution in [0.2, 0.25) is 0 Å². The lowest BCUT2D eigenvalue weighted by molar-refractivity contribution is 0.112. The zero-order valence-corrected chi connectivity index (χ0v) is 17.5. The quantitative estimate of drug-likeness (QED) is 0.359. The van der Waals surface area contributed by atoms with Crippen molar-refractivity contribution in [3.8, 4) is 45.4 Å². The van der Waals surface area contributed by atoms with E-state index in [9.17, 15) is 4.79 Å². The first-order chi connectivity index (χ1) is 14.6. The van der Waals surface area contributed by atoms with Crippen LogP contribution in [0, 0.1) is 0 Å². The highest BCUT2D eigenvalue weighted by molar-refractivity contribution is 5.96. The van der Waals surface area contributed by atoms with Crippen LogP contribution in [-0.4, -0.2) is 34.7 Å². The number of allylic oxidation sites excluding steroid dienone is 1. The predicted octanol–water partition coefficient (Wildman–Crippen LogP) is 5.19. The summed E-state index contributed by atoms with van der Waals surface area (Å²) in [6.07, 6.45) is 4.73. The van der Waals surface area contributed by atoms with E-state index in [1.54, 1.807) is 25.5 Å². The molecule has 0 bridgehead atoms. The molecule has 0 aliphatic heterocycles. The van der Waals surface area contributed by atoms with Crippen LogP contribution >= 0.6 is 0 Å². The minimum absolute atomic E-state index is 0.374. The van der Waals surface area contributed by atoms with Crippen molar-refractivity contribution in [2.75, 3.05) is 28.4 Å². The van der Waals surface area contributed by atoms with Gasteiger partial charge in [-0.2, -0.15) is 0 Å². The summed E-state index contributed by atoms with van der Waals surface area (Å²) in [5, 5.41) is 0. The Balaban J connectivity index is 2.44. The molecule has 3 rings (SSSR count). The molecule has 6 heteroatoms. The molecule has 0 N–H and O–H groups in total. The molecular formula is C24H24O6. The van der Waals surface area contributed by atoms with Gasteiger partial charge in [0.2, 0.25) is 5.75 Å². The third kappa shape index (κ3) is 3.64. The second-order valence-electron chi connectivity index (χ2n) is 6.41. The number of ether oxygens (including phenoxy) is 4. The molecule has 0 unspecified atom stereocenters. The predicted molar refractivity (Wildman–Crippen MR) is 115 cm³/mol. The van der Waals surface area contributed by atoms with Gasteiger partial charge in [0.05, 0.1) is 34.7 Å². The van der Waals surface area contributed by atoms with Crippen LogP contribution in [0.3, 0.4) is 0 Å². The SMILES string of the molecule is C=CCc1cc(-c2ccco2)cc(-c2c(C=O)cc(OC)c(OC)c2OC)c1OC. The van der Waals surface area contributed by atoms with Gasteiger partial charge in [0.1, 0.15) is 11.5 Å². The summed E-state index contributed by atoms with van der Waals surface area (Å²) < 4.78 is 28.0. The number of hydrogen-bond acceptors (Lipinski definition) is 6. The Morgan fingerprint density at radius 2 is 1.70 bits per heavy atom. The number of benzene rings is 2. The molecule has 156 valence electrons. The lowest BCUT2D eigenvalue weighted by Crippen LogP contribution is -2.03. The molecule has 0 radical (unpaired) electrons. The number of aldehydes is 1. The van der Waals surface area contributed by atoms with Crippen LogP contribution in [0.25, 0.3) is 22.5 Å². The molecule has 0 saturated heterocycles. The molecular weight excluding hydrogens is 384 g/mol. The van der Waals surface area contributed by atoms with E-state index in [2.05, 4.69) is 6.58 Å². The average molecular weight is 408 g/mol. The van der Waals surface area contributed by atoms with Crippen LogP contribution in [0.1, 0.15) is 15.9 Å². The zero-order chi connectivity index (χ0) is 21.7. The molecule has 30 heavy (non-hydrogen) atoms.